The van der Waals surface area contributed by atoms with Crippen LogP contribution in [-0.4, -0.2) is 0 Å². The van der Waals surface area contributed by atoms with Gasteiger partial charge in [-0.05, 0) is 114 Å². The van der Waals surface area contributed by atoms with Gasteiger partial charge >= 0.3 is 0 Å². The summed E-state index contributed by atoms with van der Waals surface area (Å²) in [5, 5.41) is 0. The lowest BCUT2D eigenvalue weighted by Crippen LogP contribution is -2.24. The minimum Gasteiger partial charge on any atom is -0.457 e. The molecule has 1 heteroatoms. The van der Waals surface area contributed by atoms with Crippen LogP contribution in [0, 0.1) is 23.7 Å². The van der Waals surface area contributed by atoms with E-state index in [0.29, 0.717) is 0 Å². The fraction of sp³-hybridized carbons (Fsp3) is 0.375. The van der Waals surface area contributed by atoms with Crippen LogP contribution in [0.25, 0.3) is 11.1 Å². The van der Waals surface area contributed by atoms with Crippen molar-refractivity contribution in [3.05, 3.63) is 95.6 Å². The Labute approximate surface area is 196 Å². The highest BCUT2D eigenvalue weighted by Crippen LogP contribution is 2.67. The van der Waals surface area contributed by atoms with Gasteiger partial charge in [0.2, 0.25) is 0 Å². The largest absolute Gasteiger partial charge is 0.457 e. The van der Waals surface area contributed by atoms with Crippen molar-refractivity contribution in [2.45, 2.75) is 49.9 Å². The van der Waals surface area contributed by atoms with E-state index in [0.717, 1.165) is 41.1 Å². The van der Waals surface area contributed by atoms with Gasteiger partial charge in [0, 0.05) is 5.41 Å². The van der Waals surface area contributed by atoms with Gasteiger partial charge in [0.1, 0.15) is 11.5 Å². The zero-order valence-corrected chi connectivity index (χ0v) is 19.0. The molecule has 0 aromatic heterocycles. The Morgan fingerprint density at radius 2 is 1.39 bits per heavy atom. The van der Waals surface area contributed by atoms with E-state index in [4.69, 9.17) is 4.74 Å². The van der Waals surface area contributed by atoms with Gasteiger partial charge in [-0.15, -0.1) is 0 Å². The number of rotatable bonds is 3. The number of hydrogen-bond acceptors (Lipinski definition) is 1. The number of fused-ring (bicyclic) bond motifs is 10. The molecule has 0 amide bonds. The summed E-state index contributed by atoms with van der Waals surface area (Å²) >= 11 is 0. The zero-order valence-electron chi connectivity index (χ0n) is 19.0. The summed E-state index contributed by atoms with van der Waals surface area (Å²) < 4.78 is 6.33. The topological polar surface area (TPSA) is 9.23 Å². The van der Waals surface area contributed by atoms with E-state index in [2.05, 4.69) is 48.6 Å². The average molecular weight is 431 g/mol. The summed E-state index contributed by atoms with van der Waals surface area (Å²) in [7, 11) is 0. The average Bonchev–Trinajstić information content (AvgIpc) is 3.55. The molecule has 4 unspecified atom stereocenters. The van der Waals surface area contributed by atoms with Gasteiger partial charge in [0.15, 0.2) is 0 Å². The smallest absolute Gasteiger partial charge is 0.127 e. The van der Waals surface area contributed by atoms with Crippen LogP contribution in [0.5, 0.6) is 11.5 Å². The molecule has 1 spiro atoms. The van der Waals surface area contributed by atoms with Crippen molar-refractivity contribution in [1.29, 1.82) is 0 Å². The quantitative estimate of drug-likeness (QED) is 0.380. The molecule has 0 aliphatic heterocycles. The van der Waals surface area contributed by atoms with E-state index in [1.165, 1.54) is 55.2 Å². The van der Waals surface area contributed by atoms with Crippen LogP contribution in [0.3, 0.4) is 0 Å². The summed E-state index contributed by atoms with van der Waals surface area (Å²) in [5.74, 6) is 6.00. The van der Waals surface area contributed by atoms with E-state index in [9.17, 15) is 0 Å². The molecule has 0 saturated heterocycles. The summed E-state index contributed by atoms with van der Waals surface area (Å²) in [6.45, 7) is 0. The van der Waals surface area contributed by atoms with Crippen LogP contribution in [0.2, 0.25) is 0 Å². The lowest BCUT2D eigenvalue weighted by Gasteiger charge is -2.31. The highest BCUT2D eigenvalue weighted by atomic mass is 16.5. The van der Waals surface area contributed by atoms with Crippen molar-refractivity contribution in [1.82, 2.24) is 0 Å². The van der Waals surface area contributed by atoms with Crippen LogP contribution in [0.4, 0.5) is 0 Å². The van der Waals surface area contributed by atoms with E-state index < -0.39 is 0 Å². The first-order valence-electron chi connectivity index (χ1n) is 13.0. The Balaban J connectivity index is 1.26. The molecule has 0 radical (unpaired) electrons. The van der Waals surface area contributed by atoms with E-state index in [1.54, 1.807) is 11.1 Å². The Bertz CT molecular complexity index is 1260. The molecule has 3 aromatic rings. The molecule has 33 heavy (non-hydrogen) atoms. The Morgan fingerprint density at radius 1 is 0.697 bits per heavy atom. The molecule has 5 aliphatic carbocycles. The Morgan fingerprint density at radius 3 is 2.09 bits per heavy atom. The predicted molar refractivity (Wildman–Crippen MR) is 133 cm³/mol. The minimum absolute atomic E-state index is 0.165. The summed E-state index contributed by atoms with van der Waals surface area (Å²) in [4.78, 5) is 0. The van der Waals surface area contributed by atoms with E-state index in [-0.39, 0.29) is 5.41 Å². The Kier molecular flexibility index (Phi) is 3.74. The first-order valence-corrected chi connectivity index (χ1v) is 13.0. The van der Waals surface area contributed by atoms with E-state index >= 15 is 0 Å². The van der Waals surface area contributed by atoms with Crippen molar-refractivity contribution < 1.29 is 4.74 Å². The molecule has 5 aliphatic rings. The molecular weight excluding hydrogens is 400 g/mol. The molecule has 164 valence electrons. The minimum atomic E-state index is 0.165. The fourth-order valence-corrected chi connectivity index (χ4v) is 8.14. The maximum atomic E-state index is 6.33. The highest BCUT2D eigenvalue weighted by Gasteiger charge is 2.58. The SMILES string of the molecule is C1=CC2CC1C1CC3(CC21)c1cc(Oc2ccccc2)ccc1-c1ccc(C2CCC2)cc13. The number of hydrogen-bond donors (Lipinski definition) is 0. The van der Waals surface area contributed by atoms with Crippen LogP contribution in [0.1, 0.15) is 61.1 Å². The molecule has 1 nitrogen and oxygen atoms in total. The molecule has 8 rings (SSSR count). The van der Waals surface area contributed by atoms with E-state index in [1.807, 2.05) is 30.3 Å². The zero-order chi connectivity index (χ0) is 21.6. The monoisotopic (exact) mass is 430 g/mol. The van der Waals surface area contributed by atoms with Gasteiger partial charge in [-0.3, -0.25) is 0 Å². The highest BCUT2D eigenvalue weighted by molar-refractivity contribution is 5.82. The molecule has 3 fully saturated rings. The third kappa shape index (κ3) is 2.54. The van der Waals surface area contributed by atoms with Crippen molar-refractivity contribution in [3.8, 4) is 22.6 Å². The van der Waals surface area contributed by atoms with Gasteiger partial charge in [-0.1, -0.05) is 61.0 Å². The predicted octanol–water partition coefficient (Wildman–Crippen LogP) is 8.25. The lowest BCUT2D eigenvalue weighted by atomic mass is 9.72. The van der Waals surface area contributed by atoms with Crippen molar-refractivity contribution >= 4 is 0 Å². The molecule has 0 N–H and O–H groups in total. The summed E-state index contributed by atoms with van der Waals surface area (Å²) in [6, 6.07) is 24.6. The van der Waals surface area contributed by atoms with Gasteiger partial charge < -0.3 is 4.74 Å². The third-order valence-corrected chi connectivity index (χ3v) is 9.88. The van der Waals surface area contributed by atoms with Crippen LogP contribution in [-0.2, 0) is 5.41 Å². The number of ether oxygens (including phenoxy) is 1. The van der Waals surface area contributed by atoms with Gasteiger partial charge in [-0.2, -0.15) is 0 Å². The van der Waals surface area contributed by atoms with Gasteiger partial charge in [0.05, 0.1) is 0 Å². The van der Waals surface area contributed by atoms with Crippen LogP contribution in [0.15, 0.2) is 78.9 Å². The maximum Gasteiger partial charge on any atom is 0.127 e. The lowest BCUT2D eigenvalue weighted by molar-refractivity contribution is 0.364. The second-order valence-electron chi connectivity index (χ2n) is 11.3. The molecule has 3 aromatic carbocycles. The van der Waals surface area contributed by atoms with Crippen molar-refractivity contribution in [2.75, 3.05) is 0 Å². The summed E-state index contributed by atoms with van der Waals surface area (Å²) in [5.41, 5.74) is 7.85. The fourth-order valence-electron chi connectivity index (χ4n) is 8.14. The first-order chi connectivity index (χ1) is 16.3. The second kappa shape index (κ2) is 6.63. The maximum absolute atomic E-state index is 6.33. The third-order valence-electron chi connectivity index (χ3n) is 9.88. The van der Waals surface area contributed by atoms with Gasteiger partial charge in [0.25, 0.3) is 0 Å². The number of benzene rings is 3. The van der Waals surface area contributed by atoms with Crippen molar-refractivity contribution in [2.24, 2.45) is 23.7 Å². The molecule has 0 heterocycles. The Hall–Kier alpha value is -2.80. The molecule has 2 bridgehead atoms. The standard InChI is InChI=1S/C32H30O/c1-2-7-24(8-3-1)33-25-12-14-27-26-13-11-21(20-5-4-6-20)16-30(26)32(31(27)17-25)18-28-22-9-10-23(15-22)29(28)19-32/h1-3,7-14,16-17,20,22-23,28-29H,4-6,15,18-19H2. The summed E-state index contributed by atoms with van der Waals surface area (Å²) in [6.07, 6.45) is 13.2. The second-order valence-corrected chi connectivity index (χ2v) is 11.3. The molecular formula is C32H30O. The normalized spacial score (nSPS) is 32.6. The molecule has 4 atom stereocenters. The first kappa shape index (κ1) is 18.6. The molecule has 3 saturated carbocycles. The van der Waals surface area contributed by atoms with Gasteiger partial charge in [-0.25, -0.2) is 0 Å². The number of allylic oxidation sites excluding steroid dienone is 2. The van der Waals surface area contributed by atoms with Crippen LogP contribution >= 0.6 is 0 Å². The van der Waals surface area contributed by atoms with Crippen LogP contribution < -0.4 is 4.74 Å². The number of para-hydroxylation sites is 1. The van der Waals surface area contributed by atoms with Crippen molar-refractivity contribution in [3.63, 3.8) is 0 Å².